The Bertz CT molecular complexity index is 421. The van der Waals surface area contributed by atoms with Gasteiger partial charge in [-0.05, 0) is 12.2 Å². The molecule has 0 saturated carbocycles. The molecule has 7 heteroatoms. The summed E-state index contributed by atoms with van der Waals surface area (Å²) in [7, 11) is -4.13. The van der Waals surface area contributed by atoms with Crippen LogP contribution < -0.4 is 4.72 Å². The number of hydrogen-bond acceptors (Lipinski definition) is 5. The molecule has 0 atom stereocenters. The van der Waals surface area contributed by atoms with Crippen molar-refractivity contribution in [2.75, 3.05) is 0 Å². The largest absolute Gasteiger partial charge is 0.316 e. The number of allylic oxidation sites excluding steroid dienone is 2. The van der Waals surface area contributed by atoms with Crippen LogP contribution >= 0.6 is 12.1 Å². The van der Waals surface area contributed by atoms with E-state index in [2.05, 4.69) is 4.72 Å². The van der Waals surface area contributed by atoms with E-state index in [4.69, 9.17) is 4.55 Å². The van der Waals surface area contributed by atoms with E-state index < -0.39 is 10.1 Å². The lowest BCUT2D eigenvalue weighted by Crippen LogP contribution is -2.14. The Kier molecular flexibility index (Phi) is 1.86. The van der Waals surface area contributed by atoms with Gasteiger partial charge in [-0.1, -0.05) is 0 Å². The Morgan fingerprint density at radius 2 is 2.31 bits per heavy atom. The smallest absolute Gasteiger partial charge is 0.296 e. The van der Waals surface area contributed by atoms with Crippen LogP contribution in [0.1, 0.15) is 0 Å². The Labute approximate surface area is 79.8 Å². The van der Waals surface area contributed by atoms with Gasteiger partial charge in [0.15, 0.2) is 0 Å². The van der Waals surface area contributed by atoms with Crippen molar-refractivity contribution in [2.45, 2.75) is 0 Å². The van der Waals surface area contributed by atoms with Gasteiger partial charge in [0.1, 0.15) is 4.91 Å². The Morgan fingerprint density at radius 3 is 3.00 bits per heavy atom. The second-order valence-electron chi connectivity index (χ2n) is 2.41. The molecule has 2 heterocycles. The number of nitrogens with one attached hydrogen (secondary N) is 1. The van der Waals surface area contributed by atoms with Crippen molar-refractivity contribution in [3.63, 3.8) is 0 Å². The highest BCUT2D eigenvalue weighted by atomic mass is 32.2. The van der Waals surface area contributed by atoms with Crippen molar-refractivity contribution >= 4 is 22.3 Å². The monoisotopic (exact) mass is 218 g/mol. The van der Waals surface area contributed by atoms with E-state index in [0.717, 1.165) is 0 Å². The van der Waals surface area contributed by atoms with E-state index in [1.165, 1.54) is 24.4 Å². The maximum Gasteiger partial charge on any atom is 0.296 e. The van der Waals surface area contributed by atoms with E-state index in [-0.39, 0.29) is 4.91 Å². The zero-order chi connectivity index (χ0) is 9.47. The molecule has 0 aliphatic carbocycles. The quantitative estimate of drug-likeness (QED) is 0.496. The van der Waals surface area contributed by atoms with Gasteiger partial charge >= 0.3 is 0 Å². The Hall–Kier alpha value is -0.920. The lowest BCUT2D eigenvalue weighted by atomic mass is 10.3. The number of fused-ring (bicyclic) bond motifs is 1. The summed E-state index contributed by atoms with van der Waals surface area (Å²) in [6, 6.07) is 0. The van der Waals surface area contributed by atoms with Gasteiger partial charge < -0.3 is 4.72 Å². The predicted octanol–water partition coefficient (Wildman–Crippen LogP) is 0.595. The lowest BCUT2D eigenvalue weighted by molar-refractivity contribution is 0.490. The third-order valence-corrected chi connectivity index (χ3v) is 3.22. The van der Waals surface area contributed by atoms with Crippen LogP contribution in [-0.2, 0) is 10.1 Å². The third kappa shape index (κ3) is 1.45. The van der Waals surface area contributed by atoms with Crippen LogP contribution in [0.3, 0.4) is 0 Å². The van der Waals surface area contributed by atoms with Crippen LogP contribution in [0, 0.1) is 0 Å². The highest BCUT2D eigenvalue weighted by Crippen LogP contribution is 2.32. The molecule has 0 unspecified atom stereocenters. The second kappa shape index (κ2) is 2.79. The molecule has 0 bridgehead atoms. The summed E-state index contributed by atoms with van der Waals surface area (Å²) in [5.74, 6) is 0. The average Bonchev–Trinajstić information content (AvgIpc) is 2.48. The highest BCUT2D eigenvalue weighted by molar-refractivity contribution is 7.95. The molecular weight excluding hydrogens is 212 g/mol. The van der Waals surface area contributed by atoms with Gasteiger partial charge in [-0.2, -0.15) is 8.42 Å². The van der Waals surface area contributed by atoms with Gasteiger partial charge in [0.25, 0.3) is 10.1 Å². The SMILES string of the molecule is O=S(=O)(O)C1=CC=CN2SNC=C12. The molecule has 2 N–H and O–H groups in total. The van der Waals surface area contributed by atoms with Crippen molar-refractivity contribution in [3.8, 4) is 0 Å². The molecule has 0 aromatic heterocycles. The Morgan fingerprint density at radius 1 is 1.54 bits per heavy atom. The molecule has 2 rings (SSSR count). The number of rotatable bonds is 1. The van der Waals surface area contributed by atoms with Crippen LogP contribution in [0.4, 0.5) is 0 Å². The lowest BCUT2D eigenvalue weighted by Gasteiger charge is -2.17. The standard InChI is InChI=1S/C6H6N2O3S2/c9-13(10,11)6-2-1-3-8-5(6)4-7-12-8/h1-4,7H,(H,9,10,11). The fourth-order valence-electron chi connectivity index (χ4n) is 1.05. The molecule has 5 nitrogen and oxygen atoms in total. The summed E-state index contributed by atoms with van der Waals surface area (Å²) in [4.78, 5) is -0.0903. The topological polar surface area (TPSA) is 69.6 Å². The molecule has 0 amide bonds. The summed E-state index contributed by atoms with van der Waals surface area (Å²) in [6.07, 6.45) is 6.13. The van der Waals surface area contributed by atoms with Crippen LogP contribution in [0.5, 0.6) is 0 Å². The Balaban J connectivity index is 2.49. The minimum atomic E-state index is -4.13. The number of nitrogens with zero attached hydrogens (tertiary/aromatic N) is 1. The average molecular weight is 218 g/mol. The van der Waals surface area contributed by atoms with Crippen LogP contribution in [0.25, 0.3) is 0 Å². The zero-order valence-electron chi connectivity index (χ0n) is 6.34. The van der Waals surface area contributed by atoms with Crippen molar-refractivity contribution in [1.29, 1.82) is 0 Å². The molecule has 13 heavy (non-hydrogen) atoms. The minimum Gasteiger partial charge on any atom is -0.316 e. The summed E-state index contributed by atoms with van der Waals surface area (Å²) in [6.45, 7) is 0. The summed E-state index contributed by atoms with van der Waals surface area (Å²) >= 11 is 1.23. The van der Waals surface area contributed by atoms with E-state index in [1.54, 1.807) is 16.6 Å². The molecule has 0 aromatic carbocycles. The molecule has 0 aromatic rings. The first kappa shape index (κ1) is 8.67. The molecule has 0 fully saturated rings. The summed E-state index contributed by atoms with van der Waals surface area (Å²) in [5, 5.41) is 0. The third-order valence-electron chi connectivity index (χ3n) is 1.58. The molecule has 70 valence electrons. The minimum absolute atomic E-state index is 0.0903. The second-order valence-corrected chi connectivity index (χ2v) is 4.61. The molecular formula is C6H6N2O3S2. The van der Waals surface area contributed by atoms with Crippen molar-refractivity contribution in [3.05, 3.63) is 35.2 Å². The maximum atomic E-state index is 10.9. The van der Waals surface area contributed by atoms with Gasteiger partial charge in [-0.15, -0.1) is 0 Å². The van der Waals surface area contributed by atoms with E-state index in [1.807, 2.05) is 0 Å². The molecule has 2 aliphatic rings. The van der Waals surface area contributed by atoms with Crippen molar-refractivity contribution < 1.29 is 13.0 Å². The van der Waals surface area contributed by atoms with Crippen molar-refractivity contribution in [2.24, 2.45) is 0 Å². The maximum absolute atomic E-state index is 10.9. The first-order chi connectivity index (χ1) is 6.09. The van der Waals surface area contributed by atoms with E-state index in [0.29, 0.717) is 5.70 Å². The predicted molar refractivity (Wildman–Crippen MR) is 49.4 cm³/mol. The summed E-state index contributed by atoms with van der Waals surface area (Å²) < 4.78 is 35.0. The van der Waals surface area contributed by atoms with Crippen LogP contribution in [0.15, 0.2) is 35.2 Å². The van der Waals surface area contributed by atoms with E-state index >= 15 is 0 Å². The first-order valence-electron chi connectivity index (χ1n) is 3.37. The number of hydrogen-bond donors (Lipinski definition) is 2. The van der Waals surface area contributed by atoms with Gasteiger partial charge in [-0.25, -0.2) is 0 Å². The highest BCUT2D eigenvalue weighted by Gasteiger charge is 2.27. The van der Waals surface area contributed by atoms with Gasteiger partial charge in [0, 0.05) is 12.4 Å². The van der Waals surface area contributed by atoms with E-state index in [9.17, 15) is 8.42 Å². The van der Waals surface area contributed by atoms with Crippen LogP contribution in [0.2, 0.25) is 0 Å². The molecule has 0 radical (unpaired) electrons. The zero-order valence-corrected chi connectivity index (χ0v) is 7.97. The summed E-state index contributed by atoms with van der Waals surface area (Å²) in [5.41, 5.74) is 0.440. The van der Waals surface area contributed by atoms with Crippen LogP contribution in [-0.4, -0.2) is 17.3 Å². The van der Waals surface area contributed by atoms with Gasteiger partial charge in [0.2, 0.25) is 0 Å². The molecule has 0 saturated heterocycles. The molecule has 2 aliphatic heterocycles. The first-order valence-corrected chi connectivity index (χ1v) is 5.58. The normalized spacial score (nSPS) is 20.5. The van der Waals surface area contributed by atoms with Crippen molar-refractivity contribution in [1.82, 2.24) is 9.03 Å². The fourth-order valence-corrected chi connectivity index (χ4v) is 2.44. The van der Waals surface area contributed by atoms with Gasteiger partial charge in [-0.3, -0.25) is 8.86 Å². The fraction of sp³-hybridized carbons (Fsp3) is 0. The molecule has 0 spiro atoms. The van der Waals surface area contributed by atoms with Gasteiger partial charge in [0.05, 0.1) is 17.8 Å².